The Labute approximate surface area is 160 Å². The number of aromatic nitrogens is 1. The maximum atomic E-state index is 11.9. The zero-order chi connectivity index (χ0) is 19.1. The number of nitrogens with one attached hydrogen (secondary N) is 1. The third-order valence-electron chi connectivity index (χ3n) is 3.77. The Morgan fingerprint density at radius 3 is 2.67 bits per heavy atom. The van der Waals surface area contributed by atoms with E-state index in [1.807, 2.05) is 24.3 Å². The van der Waals surface area contributed by atoms with E-state index < -0.39 is 11.9 Å². The van der Waals surface area contributed by atoms with Gasteiger partial charge in [-0.3, -0.25) is 9.59 Å². The summed E-state index contributed by atoms with van der Waals surface area (Å²) in [5, 5.41) is 12.2. The molecule has 0 saturated carbocycles. The molecule has 3 rings (SSSR count). The summed E-state index contributed by atoms with van der Waals surface area (Å²) in [6.45, 7) is -0.335. The van der Waals surface area contributed by atoms with Crippen LogP contribution < -0.4 is 5.32 Å². The molecule has 2 aromatic carbocycles. The lowest BCUT2D eigenvalue weighted by Crippen LogP contribution is -2.21. The van der Waals surface area contributed by atoms with E-state index in [0.717, 1.165) is 20.8 Å². The molecule has 0 aliphatic heterocycles. The topological polar surface area (TPSA) is 92.1 Å². The third kappa shape index (κ3) is 5.36. The van der Waals surface area contributed by atoms with Crippen LogP contribution in [0.25, 0.3) is 10.2 Å². The molecule has 0 saturated heterocycles. The summed E-state index contributed by atoms with van der Waals surface area (Å²) in [6, 6.07) is 16.8. The van der Waals surface area contributed by atoms with E-state index in [2.05, 4.69) is 16.4 Å². The Balaban J connectivity index is 1.41. The number of esters is 1. The molecule has 3 aromatic rings. The average molecular weight is 379 g/mol. The molecule has 0 bridgehead atoms. The summed E-state index contributed by atoms with van der Waals surface area (Å²) in [6.07, 6.45) is 0.983. The molecule has 1 amide bonds. The van der Waals surface area contributed by atoms with E-state index in [1.54, 1.807) is 35.6 Å². The molecule has 0 unspecified atom stereocenters. The van der Waals surface area contributed by atoms with Gasteiger partial charge in [0.15, 0.2) is 6.61 Å². The fourth-order valence-corrected chi connectivity index (χ4v) is 3.42. The van der Waals surface area contributed by atoms with Gasteiger partial charge in [0.05, 0.1) is 34.1 Å². The molecule has 1 heterocycles. The average Bonchev–Trinajstić information content (AvgIpc) is 3.09. The van der Waals surface area contributed by atoms with Gasteiger partial charge in [-0.05, 0) is 29.8 Å². The molecule has 27 heavy (non-hydrogen) atoms. The van der Waals surface area contributed by atoms with Crippen LogP contribution in [0.15, 0.2) is 48.5 Å². The molecule has 0 fully saturated rings. The van der Waals surface area contributed by atoms with Crippen LogP contribution in [-0.4, -0.2) is 23.5 Å². The highest BCUT2D eigenvalue weighted by Crippen LogP contribution is 2.22. The minimum Gasteiger partial charge on any atom is -0.456 e. The number of nitrogens with zero attached hydrogens (tertiary/aromatic N) is 2. The predicted molar refractivity (Wildman–Crippen MR) is 103 cm³/mol. The Kier molecular flexibility index (Phi) is 6.13. The van der Waals surface area contributed by atoms with Crippen molar-refractivity contribution in [1.29, 1.82) is 5.26 Å². The number of ether oxygens (including phenoxy) is 1. The highest BCUT2D eigenvalue weighted by molar-refractivity contribution is 7.18. The number of fused-ring (bicyclic) bond motifs is 1. The smallest absolute Gasteiger partial charge is 0.306 e. The second-order valence-electron chi connectivity index (χ2n) is 5.82. The second-order valence-corrected chi connectivity index (χ2v) is 6.93. The zero-order valence-corrected chi connectivity index (χ0v) is 15.3. The number of aryl methyl sites for hydroxylation is 1. The SMILES string of the molecule is N#CCc1ccc(NC(=O)COC(=O)CCc2nc3ccccc3s2)cc1. The molecule has 7 heteroatoms. The number of para-hydroxylation sites is 1. The number of rotatable bonds is 7. The molecular weight excluding hydrogens is 362 g/mol. The fraction of sp³-hybridized carbons (Fsp3) is 0.200. The molecule has 0 aliphatic carbocycles. The van der Waals surface area contributed by atoms with Crippen molar-refractivity contribution in [3.8, 4) is 6.07 Å². The first-order chi connectivity index (χ1) is 13.1. The molecule has 136 valence electrons. The predicted octanol–water partition coefficient (Wildman–Crippen LogP) is 3.48. The van der Waals surface area contributed by atoms with Crippen molar-refractivity contribution >= 4 is 39.1 Å². The van der Waals surface area contributed by atoms with E-state index in [9.17, 15) is 9.59 Å². The van der Waals surface area contributed by atoms with Crippen molar-refractivity contribution in [3.05, 3.63) is 59.1 Å². The van der Waals surface area contributed by atoms with E-state index in [1.165, 1.54) is 0 Å². The Morgan fingerprint density at radius 2 is 1.93 bits per heavy atom. The van der Waals surface area contributed by atoms with Crippen molar-refractivity contribution in [2.45, 2.75) is 19.3 Å². The quantitative estimate of drug-likeness (QED) is 0.635. The lowest BCUT2D eigenvalue weighted by molar-refractivity contribution is -0.147. The van der Waals surface area contributed by atoms with Crippen LogP contribution in [0.4, 0.5) is 5.69 Å². The summed E-state index contributed by atoms with van der Waals surface area (Å²) in [4.78, 5) is 28.2. The molecule has 0 spiro atoms. The molecule has 0 atom stereocenters. The highest BCUT2D eigenvalue weighted by Gasteiger charge is 2.10. The molecule has 6 nitrogen and oxygen atoms in total. The first kappa shape index (κ1) is 18.5. The normalized spacial score (nSPS) is 10.3. The Bertz CT molecular complexity index is 957. The number of benzene rings is 2. The second kappa shape index (κ2) is 8.92. The van der Waals surface area contributed by atoms with E-state index in [4.69, 9.17) is 10.00 Å². The van der Waals surface area contributed by atoms with Gasteiger partial charge < -0.3 is 10.1 Å². The monoisotopic (exact) mass is 379 g/mol. The lowest BCUT2D eigenvalue weighted by Gasteiger charge is -2.07. The third-order valence-corrected chi connectivity index (χ3v) is 4.86. The summed E-state index contributed by atoms with van der Waals surface area (Å²) in [5.41, 5.74) is 2.38. The van der Waals surface area contributed by atoms with Crippen LogP contribution in [0, 0.1) is 11.3 Å². The van der Waals surface area contributed by atoms with E-state index in [-0.39, 0.29) is 13.0 Å². The number of hydrogen-bond donors (Lipinski definition) is 1. The minimum atomic E-state index is -0.436. The van der Waals surface area contributed by atoms with Crippen LogP contribution >= 0.6 is 11.3 Å². The standard InChI is InChI=1S/C20H17N3O3S/c21-12-11-14-5-7-15(8-6-14)22-18(24)13-26-20(25)10-9-19-23-16-3-1-2-4-17(16)27-19/h1-8H,9-11,13H2,(H,22,24). The minimum absolute atomic E-state index is 0.177. The van der Waals surface area contributed by atoms with Crippen molar-refractivity contribution in [3.63, 3.8) is 0 Å². The Morgan fingerprint density at radius 1 is 1.15 bits per heavy atom. The lowest BCUT2D eigenvalue weighted by atomic mass is 10.1. The van der Waals surface area contributed by atoms with Crippen LogP contribution in [0.1, 0.15) is 17.0 Å². The van der Waals surface area contributed by atoms with E-state index >= 15 is 0 Å². The maximum Gasteiger partial charge on any atom is 0.306 e. The number of thiazole rings is 1. The first-order valence-corrected chi connectivity index (χ1v) is 9.21. The number of carbonyl (C=O) groups excluding carboxylic acids is 2. The van der Waals surface area contributed by atoms with Crippen LogP contribution in [0.2, 0.25) is 0 Å². The van der Waals surface area contributed by atoms with Gasteiger partial charge in [0, 0.05) is 12.1 Å². The molecule has 1 N–H and O–H groups in total. The maximum absolute atomic E-state index is 11.9. The van der Waals surface area contributed by atoms with Gasteiger partial charge in [-0.2, -0.15) is 5.26 Å². The van der Waals surface area contributed by atoms with Gasteiger partial charge in [0.2, 0.25) is 0 Å². The van der Waals surface area contributed by atoms with Gasteiger partial charge >= 0.3 is 5.97 Å². The van der Waals surface area contributed by atoms with Gasteiger partial charge in [-0.1, -0.05) is 24.3 Å². The molecule has 0 aliphatic rings. The van der Waals surface area contributed by atoms with Crippen LogP contribution in [0.5, 0.6) is 0 Å². The largest absolute Gasteiger partial charge is 0.456 e. The van der Waals surface area contributed by atoms with Crippen molar-refractivity contribution in [1.82, 2.24) is 4.98 Å². The van der Waals surface area contributed by atoms with Gasteiger partial charge in [0.1, 0.15) is 0 Å². The molecular formula is C20H17N3O3S. The van der Waals surface area contributed by atoms with Crippen molar-refractivity contribution in [2.24, 2.45) is 0 Å². The van der Waals surface area contributed by atoms with Gasteiger partial charge in [-0.25, -0.2) is 4.98 Å². The summed E-state index contributed by atoms with van der Waals surface area (Å²) in [7, 11) is 0. The van der Waals surface area contributed by atoms with Gasteiger partial charge in [0.25, 0.3) is 5.91 Å². The zero-order valence-electron chi connectivity index (χ0n) is 14.5. The molecule has 1 aromatic heterocycles. The highest BCUT2D eigenvalue weighted by atomic mass is 32.1. The number of anilines is 1. The van der Waals surface area contributed by atoms with Crippen molar-refractivity contribution < 1.29 is 14.3 Å². The number of amides is 1. The van der Waals surface area contributed by atoms with Crippen LogP contribution in [0.3, 0.4) is 0 Å². The van der Waals surface area contributed by atoms with E-state index in [0.29, 0.717) is 18.5 Å². The summed E-state index contributed by atoms with van der Waals surface area (Å²) >= 11 is 1.55. The number of nitriles is 1. The number of hydrogen-bond acceptors (Lipinski definition) is 6. The summed E-state index contributed by atoms with van der Waals surface area (Å²) in [5.74, 6) is -0.842. The van der Waals surface area contributed by atoms with Crippen molar-refractivity contribution in [2.75, 3.05) is 11.9 Å². The van der Waals surface area contributed by atoms with Crippen LogP contribution in [-0.2, 0) is 27.2 Å². The van der Waals surface area contributed by atoms with Gasteiger partial charge in [-0.15, -0.1) is 11.3 Å². The summed E-state index contributed by atoms with van der Waals surface area (Å²) < 4.78 is 6.10. The number of carbonyl (C=O) groups is 2. The molecule has 0 radical (unpaired) electrons. The first-order valence-electron chi connectivity index (χ1n) is 8.40. The Hall–Kier alpha value is -3.24. The fourth-order valence-electron chi connectivity index (χ4n) is 2.45.